The second kappa shape index (κ2) is 9.27. The predicted octanol–water partition coefficient (Wildman–Crippen LogP) is 0.693. The Kier molecular flexibility index (Phi) is 6.47. The number of fused-ring (bicyclic) bond motifs is 3. The number of carbonyl (C=O) groups excluding carboxylic acids is 1. The summed E-state index contributed by atoms with van der Waals surface area (Å²) in [6.07, 6.45) is 3.65. The number of anilines is 1. The molecular formula is C23H23BIN2O4-. The van der Waals surface area contributed by atoms with E-state index >= 15 is 0 Å². The molecule has 0 bridgehead atoms. The van der Waals surface area contributed by atoms with E-state index in [1.807, 2.05) is 54.2 Å². The summed E-state index contributed by atoms with van der Waals surface area (Å²) in [6.45, 7) is 4.87. The van der Waals surface area contributed by atoms with Gasteiger partial charge < -0.3 is 0 Å². The third-order valence-electron chi connectivity index (χ3n) is 5.12. The summed E-state index contributed by atoms with van der Waals surface area (Å²) in [7, 11) is 0.704. The molecule has 0 fully saturated rings. The molecule has 0 aliphatic carbocycles. The number of rotatable bonds is 5. The van der Waals surface area contributed by atoms with Gasteiger partial charge in [-0.3, -0.25) is 0 Å². The molecule has 0 spiro atoms. The van der Waals surface area contributed by atoms with Gasteiger partial charge in [0, 0.05) is 0 Å². The third kappa shape index (κ3) is 4.40. The Hall–Kier alpha value is -2.59. The first-order chi connectivity index (χ1) is 15.0. The minimum absolute atomic E-state index is 0.401. The molecule has 1 aliphatic rings. The van der Waals surface area contributed by atoms with Crippen molar-refractivity contribution in [2.45, 2.75) is 20.4 Å². The van der Waals surface area contributed by atoms with Crippen molar-refractivity contribution in [2.75, 3.05) is 18.5 Å². The quantitative estimate of drug-likeness (QED) is 0.298. The van der Waals surface area contributed by atoms with Gasteiger partial charge in [-0.1, -0.05) is 0 Å². The van der Waals surface area contributed by atoms with Gasteiger partial charge in [-0.05, 0) is 0 Å². The number of benzene rings is 2. The molecule has 0 saturated carbocycles. The van der Waals surface area contributed by atoms with E-state index in [2.05, 4.69) is 11.1 Å². The van der Waals surface area contributed by atoms with Crippen molar-refractivity contribution in [3.05, 3.63) is 73.0 Å². The molecule has 4 rings (SSSR count). The minimum atomic E-state index is -0.658. The fourth-order valence-corrected chi connectivity index (χ4v) is 6.47. The first-order valence-electron chi connectivity index (χ1n) is 9.98. The van der Waals surface area contributed by atoms with Crippen LogP contribution in [0.15, 0.2) is 58.3 Å². The predicted molar refractivity (Wildman–Crippen MR) is 117 cm³/mol. The zero-order valence-electron chi connectivity index (χ0n) is 17.6. The van der Waals surface area contributed by atoms with Crippen LogP contribution in [0.3, 0.4) is 0 Å². The molecule has 2 aromatic carbocycles. The average Bonchev–Trinajstić information content (AvgIpc) is 2.81. The van der Waals surface area contributed by atoms with Gasteiger partial charge in [0.25, 0.3) is 0 Å². The van der Waals surface area contributed by atoms with E-state index < -0.39 is 34.2 Å². The number of aromatic nitrogens is 1. The van der Waals surface area contributed by atoms with Gasteiger partial charge in [-0.2, -0.15) is 0 Å². The van der Waals surface area contributed by atoms with Crippen molar-refractivity contribution >= 4 is 29.6 Å². The summed E-state index contributed by atoms with van der Waals surface area (Å²) in [5, 5.41) is 11.3. The summed E-state index contributed by atoms with van der Waals surface area (Å²) < 4.78 is 13.5. The number of allylic oxidation sites excluding steroid dienone is 1. The zero-order chi connectivity index (χ0) is 22.0. The number of pyridine rings is 1. The van der Waals surface area contributed by atoms with Crippen LogP contribution in [0.5, 0.6) is 5.75 Å². The number of hydrogen-bond acceptors (Lipinski definition) is 6. The van der Waals surface area contributed by atoms with Crippen LogP contribution in [0.2, 0.25) is 6.82 Å². The maximum absolute atomic E-state index is 12.2. The molecule has 6 nitrogen and oxygen atoms in total. The summed E-state index contributed by atoms with van der Waals surface area (Å²) >= 11 is -0.469. The van der Waals surface area contributed by atoms with Crippen molar-refractivity contribution in [3.8, 4) is 5.75 Å². The Bertz CT molecular complexity index is 1150. The van der Waals surface area contributed by atoms with E-state index in [1.54, 1.807) is 6.82 Å². The Morgan fingerprint density at radius 2 is 2.10 bits per heavy atom. The van der Waals surface area contributed by atoms with Gasteiger partial charge in [0.05, 0.1) is 0 Å². The van der Waals surface area contributed by atoms with Crippen molar-refractivity contribution in [1.82, 2.24) is 4.98 Å². The fourth-order valence-electron chi connectivity index (χ4n) is 3.48. The van der Waals surface area contributed by atoms with Crippen molar-refractivity contribution < 1.29 is 40.5 Å². The number of ether oxygens (including phenoxy) is 2. The molecule has 0 radical (unpaired) electrons. The number of hydrogen-bond donors (Lipinski definition) is 1. The Labute approximate surface area is 192 Å². The van der Waals surface area contributed by atoms with Crippen molar-refractivity contribution in [1.29, 1.82) is 0 Å². The molecule has 31 heavy (non-hydrogen) atoms. The topological polar surface area (TPSA) is 71.9 Å². The molecule has 0 amide bonds. The average molecular weight is 529 g/mol. The van der Waals surface area contributed by atoms with Gasteiger partial charge in [0.15, 0.2) is 0 Å². The van der Waals surface area contributed by atoms with E-state index in [0.29, 0.717) is 30.0 Å². The van der Waals surface area contributed by atoms with Crippen LogP contribution in [-0.2, 0) is 11.3 Å². The van der Waals surface area contributed by atoms with E-state index in [9.17, 15) is 9.82 Å². The first kappa shape index (κ1) is 21.6. The number of halogens is 1. The van der Waals surface area contributed by atoms with Crippen molar-refractivity contribution in [2.24, 2.45) is 0 Å². The van der Waals surface area contributed by atoms with Crippen LogP contribution in [0.1, 0.15) is 22.8 Å². The molecule has 0 unspecified atom stereocenters. The van der Waals surface area contributed by atoms with Gasteiger partial charge in [0.2, 0.25) is 0 Å². The molecule has 2 heterocycles. The Morgan fingerprint density at radius 1 is 1.32 bits per heavy atom. The molecule has 160 valence electrons. The molecule has 3 aromatic rings. The van der Waals surface area contributed by atoms with Crippen LogP contribution in [0.4, 0.5) is 5.69 Å². The third-order valence-corrected chi connectivity index (χ3v) is 8.45. The standard InChI is InChI=1S/C23H23BIN2O4/c1-4-17-13-27(24(2)29)19-11-20(31-14-15-8-6-5-7-9-15)22-18(21(19)25-17)10-16(12-26-22)23(28)30-3/h4-12,29H,13-14H2,1-3H3/q-1/b17-4-. The molecule has 1 aliphatic heterocycles. The second-order valence-electron chi connectivity index (χ2n) is 7.18. The van der Waals surface area contributed by atoms with Crippen LogP contribution in [0.25, 0.3) is 10.9 Å². The van der Waals surface area contributed by atoms with Crippen LogP contribution in [-0.4, -0.2) is 36.7 Å². The van der Waals surface area contributed by atoms with E-state index in [1.165, 1.54) is 16.9 Å². The number of esters is 1. The second-order valence-corrected chi connectivity index (χ2v) is 10.2. The van der Waals surface area contributed by atoms with Gasteiger partial charge >= 0.3 is 193 Å². The van der Waals surface area contributed by atoms with Gasteiger partial charge in [0.1, 0.15) is 0 Å². The summed E-state index contributed by atoms with van der Waals surface area (Å²) in [6, 6.07) is 13.7. The number of carbonyl (C=O) groups is 1. The Balaban J connectivity index is 1.88. The van der Waals surface area contributed by atoms with E-state index in [4.69, 9.17) is 9.47 Å². The monoisotopic (exact) mass is 529 g/mol. The van der Waals surface area contributed by atoms with Crippen LogP contribution >= 0.6 is 0 Å². The summed E-state index contributed by atoms with van der Waals surface area (Å²) in [5.74, 6) is 0.207. The molecule has 1 N–H and O–H groups in total. The molecule has 1 aromatic heterocycles. The maximum atomic E-state index is 12.2. The van der Waals surface area contributed by atoms with Crippen molar-refractivity contribution in [3.63, 3.8) is 0 Å². The first-order valence-corrected chi connectivity index (χ1v) is 12.1. The fraction of sp³-hybridized carbons (Fsp3) is 0.217. The molecule has 8 heteroatoms. The normalized spacial score (nSPS) is 14.7. The summed E-state index contributed by atoms with van der Waals surface area (Å²) in [5.41, 5.74) is 3.10. The van der Waals surface area contributed by atoms with Crippen LogP contribution < -0.4 is 30.8 Å². The molecule has 0 atom stereocenters. The number of nitrogens with zero attached hydrogens (tertiary/aromatic N) is 2. The van der Waals surface area contributed by atoms with Gasteiger partial charge in [-0.25, -0.2) is 0 Å². The molecule has 0 saturated heterocycles. The van der Waals surface area contributed by atoms with Gasteiger partial charge in [-0.15, -0.1) is 0 Å². The number of methoxy groups -OCH3 is 1. The van der Waals surface area contributed by atoms with E-state index in [0.717, 1.165) is 20.2 Å². The van der Waals surface area contributed by atoms with E-state index in [-0.39, 0.29) is 0 Å². The van der Waals surface area contributed by atoms with Crippen LogP contribution in [0, 0.1) is 3.57 Å². The molecular weight excluding hydrogens is 506 g/mol. The summed E-state index contributed by atoms with van der Waals surface area (Å²) in [4.78, 5) is 18.7. The Morgan fingerprint density at radius 3 is 2.77 bits per heavy atom. The SMILES string of the molecule is C/C=C1/CN(B(C)O)c2cc(OCc3ccccc3)c3ncc(C(=O)OC)cc3c2[I-]1. The zero-order valence-corrected chi connectivity index (χ0v) is 19.8.